The summed E-state index contributed by atoms with van der Waals surface area (Å²) < 4.78 is 37.3. The van der Waals surface area contributed by atoms with Crippen LogP contribution in [0.25, 0.3) is 0 Å². The molecule has 1 aromatic rings. The Labute approximate surface area is 150 Å². The van der Waals surface area contributed by atoms with E-state index in [9.17, 15) is 14.0 Å². The van der Waals surface area contributed by atoms with E-state index in [1.165, 1.54) is 12.7 Å². The molecule has 0 radical (unpaired) electrons. The van der Waals surface area contributed by atoms with Crippen LogP contribution >= 0.6 is 16.1 Å². The third kappa shape index (κ3) is 6.97. The van der Waals surface area contributed by atoms with Gasteiger partial charge in [-0.25, -0.2) is 19.5 Å². The molecule has 1 saturated carbocycles. The first kappa shape index (κ1) is 20.7. The Balaban J connectivity index is 1.92. The maximum atomic E-state index is 11.8. The summed E-state index contributed by atoms with van der Waals surface area (Å²) in [7, 11) is -7.16. The van der Waals surface area contributed by atoms with E-state index >= 15 is 0 Å². The molecular formula is C12H18N5O7P2+. The normalized spacial score (nSPS) is 25.3. The molecule has 0 amide bonds. The predicted molar refractivity (Wildman–Crippen MR) is 86.6 cm³/mol. The van der Waals surface area contributed by atoms with E-state index in [0.29, 0.717) is 18.8 Å². The number of nitrogens with one attached hydrogen (secondary N) is 1. The highest BCUT2D eigenvalue weighted by Gasteiger charge is 2.42. The lowest BCUT2D eigenvalue weighted by molar-refractivity contribution is 0.0868. The summed E-state index contributed by atoms with van der Waals surface area (Å²) in [6.07, 6.45) is 2.71. The van der Waals surface area contributed by atoms with Gasteiger partial charge in [-0.2, -0.15) is 5.26 Å². The van der Waals surface area contributed by atoms with Crippen molar-refractivity contribution in [3.05, 3.63) is 12.7 Å². The lowest BCUT2D eigenvalue weighted by atomic mass is 10.1. The van der Waals surface area contributed by atoms with Crippen LogP contribution in [0.4, 0.5) is 5.95 Å². The Bertz CT molecular complexity index is 688. The Morgan fingerprint density at radius 3 is 2.77 bits per heavy atom. The largest absolute Gasteiger partial charge is 0.695 e. The summed E-state index contributed by atoms with van der Waals surface area (Å²) in [5.41, 5.74) is 0. The number of anilines is 1. The summed E-state index contributed by atoms with van der Waals surface area (Å²) in [6.45, 7) is -0.454. The molecule has 1 aromatic heterocycles. The lowest BCUT2D eigenvalue weighted by Crippen LogP contribution is -2.20. The van der Waals surface area contributed by atoms with Crippen LogP contribution in [0.5, 0.6) is 0 Å². The summed E-state index contributed by atoms with van der Waals surface area (Å²) >= 11 is 0. The number of hydrogen-bond acceptors (Lipinski definition) is 10. The van der Waals surface area contributed by atoms with Crippen LogP contribution in [-0.2, 0) is 22.7 Å². The Morgan fingerprint density at radius 2 is 2.12 bits per heavy atom. The van der Waals surface area contributed by atoms with Gasteiger partial charge in [0.1, 0.15) is 18.8 Å². The third-order valence-corrected chi connectivity index (χ3v) is 5.04. The first-order valence-corrected chi connectivity index (χ1v) is 10.2. The van der Waals surface area contributed by atoms with E-state index in [2.05, 4.69) is 24.8 Å². The van der Waals surface area contributed by atoms with Gasteiger partial charge in [-0.05, 0) is 12.8 Å². The van der Waals surface area contributed by atoms with E-state index in [-0.39, 0.29) is 25.7 Å². The number of nitriles is 1. The first-order valence-electron chi connectivity index (χ1n) is 7.60. The van der Waals surface area contributed by atoms with Gasteiger partial charge in [-0.1, -0.05) is 0 Å². The number of hydrogen-bond donors (Lipinski definition) is 3. The van der Waals surface area contributed by atoms with Crippen LogP contribution in [0.15, 0.2) is 12.7 Å². The number of rotatable bonds is 10. The van der Waals surface area contributed by atoms with Crippen molar-refractivity contribution in [1.29, 1.82) is 5.26 Å². The second kappa shape index (κ2) is 9.94. The molecule has 1 aliphatic rings. The van der Waals surface area contributed by atoms with E-state index < -0.39 is 28.1 Å². The zero-order chi connectivity index (χ0) is 19.0. The zero-order valence-electron chi connectivity index (χ0n) is 13.5. The van der Waals surface area contributed by atoms with Gasteiger partial charge < -0.3 is 10.2 Å². The molecule has 5 atom stereocenters. The Kier molecular flexibility index (Phi) is 7.93. The number of phosphoric acid groups is 1. The van der Waals surface area contributed by atoms with Crippen LogP contribution in [0.1, 0.15) is 19.3 Å². The van der Waals surface area contributed by atoms with Crippen LogP contribution in [-0.4, -0.2) is 50.1 Å². The highest BCUT2D eigenvalue weighted by Crippen LogP contribution is 2.45. The van der Waals surface area contributed by atoms with Crippen molar-refractivity contribution >= 4 is 22.0 Å². The molecule has 1 fully saturated rings. The smallest absolute Gasteiger partial charge is 0.351 e. The van der Waals surface area contributed by atoms with Gasteiger partial charge in [0.15, 0.2) is 0 Å². The van der Waals surface area contributed by atoms with Gasteiger partial charge in [-0.3, -0.25) is 9.05 Å². The van der Waals surface area contributed by atoms with Gasteiger partial charge in [-0.15, -0.1) is 9.42 Å². The van der Waals surface area contributed by atoms with Gasteiger partial charge in [0.05, 0.1) is 25.7 Å². The minimum absolute atomic E-state index is 0.0496. The van der Waals surface area contributed by atoms with Gasteiger partial charge in [0.2, 0.25) is 5.95 Å². The van der Waals surface area contributed by atoms with Crippen molar-refractivity contribution in [2.45, 2.75) is 31.4 Å². The van der Waals surface area contributed by atoms with E-state index in [4.69, 9.17) is 19.2 Å². The van der Waals surface area contributed by atoms with Crippen molar-refractivity contribution in [2.75, 3.05) is 18.5 Å². The molecule has 26 heavy (non-hydrogen) atoms. The Morgan fingerprint density at radius 1 is 1.38 bits per heavy atom. The Hall–Kier alpha value is -1.57. The summed E-state index contributed by atoms with van der Waals surface area (Å²) in [5.74, 6) is -0.0909. The fourth-order valence-electron chi connectivity index (χ4n) is 2.55. The van der Waals surface area contributed by atoms with Crippen LogP contribution in [0.3, 0.4) is 0 Å². The second-order valence-corrected chi connectivity index (χ2v) is 7.56. The monoisotopic (exact) mass is 406 g/mol. The maximum Gasteiger partial charge on any atom is 0.695 e. The summed E-state index contributed by atoms with van der Waals surface area (Å²) in [6, 6.07) is 1.59. The molecule has 12 nitrogen and oxygen atoms in total. The highest BCUT2D eigenvalue weighted by molar-refractivity contribution is 7.47. The fraction of sp³-hybridized carbons (Fsp3) is 0.667. The third-order valence-electron chi connectivity index (χ3n) is 3.60. The van der Waals surface area contributed by atoms with Crippen molar-refractivity contribution in [1.82, 2.24) is 15.0 Å². The molecule has 3 N–H and O–H groups in total. The highest BCUT2D eigenvalue weighted by atomic mass is 31.2. The fourth-order valence-corrected chi connectivity index (χ4v) is 3.82. The lowest BCUT2D eigenvalue weighted by Gasteiger charge is -2.17. The molecule has 0 aliphatic heterocycles. The molecule has 142 valence electrons. The quantitative estimate of drug-likeness (QED) is 0.373. The topological polar surface area (TPSA) is 177 Å². The first-order chi connectivity index (χ1) is 12.4. The molecular weight excluding hydrogens is 388 g/mol. The average Bonchev–Trinajstić information content (AvgIpc) is 2.95. The average molecular weight is 406 g/mol. The standard InChI is InChI=1S/C12H17N5O7P2/c13-2-1-3-22-26(20,21)23-6-9-4-10(5-11(9)24-25(18)19)17-12-15-7-14-8-16-12/h7-11H,1,3-6H2,(H2-,14,15,16,17,18,19,20,21)/p+1/t9-,10-,11+/m1/s1. The van der Waals surface area contributed by atoms with E-state index in [1.807, 2.05) is 0 Å². The molecule has 0 spiro atoms. The maximum absolute atomic E-state index is 11.8. The second-order valence-electron chi connectivity index (χ2n) is 5.42. The molecule has 0 saturated heterocycles. The minimum atomic E-state index is -4.32. The summed E-state index contributed by atoms with van der Waals surface area (Å²) in [5, 5.41) is 11.4. The van der Waals surface area contributed by atoms with Crippen molar-refractivity contribution < 1.29 is 32.5 Å². The SMILES string of the molecule is N#CCCOP(=O)(O)OC[C@H]1C[C@@H](Nc2ncncn2)C[C@@H]1O[P+](=O)O. The molecule has 1 heterocycles. The van der Waals surface area contributed by atoms with Crippen LogP contribution in [0.2, 0.25) is 0 Å². The zero-order valence-corrected chi connectivity index (χ0v) is 15.3. The van der Waals surface area contributed by atoms with Crippen LogP contribution < -0.4 is 5.32 Å². The molecule has 2 rings (SSSR count). The van der Waals surface area contributed by atoms with Crippen molar-refractivity contribution in [3.63, 3.8) is 0 Å². The van der Waals surface area contributed by atoms with Crippen molar-refractivity contribution in [3.8, 4) is 6.07 Å². The molecule has 1 aliphatic carbocycles. The number of phosphoric ester groups is 1. The van der Waals surface area contributed by atoms with Gasteiger partial charge in [0.25, 0.3) is 0 Å². The molecule has 0 bridgehead atoms. The van der Waals surface area contributed by atoms with Crippen LogP contribution in [0, 0.1) is 17.2 Å². The van der Waals surface area contributed by atoms with E-state index in [0.717, 1.165) is 0 Å². The predicted octanol–water partition coefficient (Wildman–Crippen LogP) is 1.14. The van der Waals surface area contributed by atoms with Gasteiger partial charge in [0, 0.05) is 16.5 Å². The molecule has 14 heteroatoms. The number of aromatic nitrogens is 3. The van der Waals surface area contributed by atoms with Crippen molar-refractivity contribution in [2.24, 2.45) is 5.92 Å². The summed E-state index contributed by atoms with van der Waals surface area (Å²) in [4.78, 5) is 30.2. The van der Waals surface area contributed by atoms with Gasteiger partial charge >= 0.3 is 16.1 Å². The molecule has 2 unspecified atom stereocenters. The minimum Gasteiger partial charge on any atom is -0.351 e. The molecule has 0 aromatic carbocycles. The number of nitrogens with zero attached hydrogens (tertiary/aromatic N) is 4. The van der Waals surface area contributed by atoms with E-state index in [1.54, 1.807) is 6.07 Å².